The van der Waals surface area contributed by atoms with E-state index in [9.17, 15) is 4.79 Å². The van der Waals surface area contributed by atoms with Crippen molar-refractivity contribution in [2.45, 2.75) is 19.8 Å². The lowest BCUT2D eigenvalue weighted by Crippen LogP contribution is -2.33. The first kappa shape index (κ1) is 11.2. The lowest BCUT2D eigenvalue weighted by Gasteiger charge is -2.04. The van der Waals surface area contributed by atoms with Crippen molar-refractivity contribution in [1.29, 1.82) is 0 Å². The minimum Gasteiger partial charge on any atom is -0.376 e. The molecule has 0 heterocycles. The zero-order valence-corrected chi connectivity index (χ0v) is 8.04. The van der Waals surface area contributed by atoms with E-state index < -0.39 is 0 Å². The van der Waals surface area contributed by atoms with E-state index in [1.54, 1.807) is 0 Å². The highest BCUT2D eigenvalue weighted by Gasteiger charge is 1.98. The van der Waals surface area contributed by atoms with E-state index in [2.05, 4.69) is 22.9 Å². The maximum Gasteiger partial charge on any atom is 0.221 e. The molecule has 1 amide bonds. The predicted molar refractivity (Wildman–Crippen MR) is 52.7 cm³/mol. The summed E-state index contributed by atoms with van der Waals surface area (Å²) in [7, 11) is 0. The number of nitrogens with one attached hydrogen (secondary N) is 2. The van der Waals surface area contributed by atoms with Crippen LogP contribution in [0.5, 0.6) is 0 Å². The molecule has 0 aromatic rings. The summed E-state index contributed by atoms with van der Waals surface area (Å²) in [4.78, 5) is 10.9. The second-order valence-electron chi connectivity index (χ2n) is 2.39. The molecule has 12 heavy (non-hydrogen) atoms. The van der Waals surface area contributed by atoms with E-state index in [0.717, 1.165) is 13.0 Å². The van der Waals surface area contributed by atoms with Crippen LogP contribution in [0, 0.1) is 0 Å². The maximum atomic E-state index is 10.9. The number of rotatable bonds is 5. The molecule has 0 aromatic heterocycles. The van der Waals surface area contributed by atoms with Gasteiger partial charge in [-0.3, -0.25) is 4.79 Å². The molecule has 4 nitrogen and oxygen atoms in total. The lowest BCUT2D eigenvalue weighted by molar-refractivity contribution is -0.120. The first-order valence-electron chi connectivity index (χ1n) is 3.96. The van der Waals surface area contributed by atoms with Crippen molar-refractivity contribution in [3.8, 4) is 0 Å². The van der Waals surface area contributed by atoms with Gasteiger partial charge in [-0.15, -0.1) is 0 Å². The Kier molecular flexibility index (Phi) is 6.37. The second kappa shape index (κ2) is 6.84. The third-order valence-electron chi connectivity index (χ3n) is 1.22. The van der Waals surface area contributed by atoms with Crippen molar-refractivity contribution in [2.75, 3.05) is 13.1 Å². The number of carbonyl (C=O) groups is 1. The van der Waals surface area contributed by atoms with Gasteiger partial charge in [0.1, 0.15) is 0 Å². The van der Waals surface area contributed by atoms with Crippen LogP contribution in [0.3, 0.4) is 0 Å². The highest BCUT2D eigenvalue weighted by molar-refractivity contribution is 7.80. The average Bonchev–Trinajstić information content (AvgIpc) is 2.00. The van der Waals surface area contributed by atoms with Crippen LogP contribution in [0.1, 0.15) is 19.8 Å². The topological polar surface area (TPSA) is 67.2 Å². The van der Waals surface area contributed by atoms with Gasteiger partial charge in [-0.1, -0.05) is 6.92 Å². The number of amides is 1. The number of hydrogen-bond acceptors (Lipinski definition) is 2. The molecule has 0 aromatic carbocycles. The van der Waals surface area contributed by atoms with Crippen molar-refractivity contribution in [1.82, 2.24) is 10.6 Å². The standard InChI is InChI=1S/C7H15N3OS/c1-2-4-9-6(11)3-5-10-7(8)12/h2-5H2,1H3,(H,9,11)(H3,8,10,12). The van der Waals surface area contributed by atoms with Crippen LogP contribution in [0.4, 0.5) is 0 Å². The van der Waals surface area contributed by atoms with Crippen molar-refractivity contribution in [3.63, 3.8) is 0 Å². The Morgan fingerprint density at radius 3 is 2.58 bits per heavy atom. The van der Waals surface area contributed by atoms with Crippen LogP contribution >= 0.6 is 12.2 Å². The van der Waals surface area contributed by atoms with Crippen LogP contribution in [0.2, 0.25) is 0 Å². The van der Waals surface area contributed by atoms with E-state index in [0.29, 0.717) is 13.0 Å². The van der Waals surface area contributed by atoms with E-state index in [1.165, 1.54) is 0 Å². The maximum absolute atomic E-state index is 10.9. The van der Waals surface area contributed by atoms with Crippen LogP contribution < -0.4 is 16.4 Å². The highest BCUT2D eigenvalue weighted by atomic mass is 32.1. The summed E-state index contributed by atoms with van der Waals surface area (Å²) in [5, 5.41) is 5.68. The fraction of sp³-hybridized carbons (Fsp3) is 0.714. The third kappa shape index (κ3) is 7.27. The van der Waals surface area contributed by atoms with Gasteiger partial charge in [-0.25, -0.2) is 0 Å². The highest BCUT2D eigenvalue weighted by Crippen LogP contribution is 1.78. The zero-order chi connectivity index (χ0) is 9.40. The fourth-order valence-electron chi connectivity index (χ4n) is 0.652. The van der Waals surface area contributed by atoms with Gasteiger partial charge >= 0.3 is 0 Å². The predicted octanol–water partition coefficient (Wildman–Crippen LogP) is -0.264. The van der Waals surface area contributed by atoms with Gasteiger partial charge in [-0.05, 0) is 18.6 Å². The number of thiocarbonyl (C=S) groups is 1. The summed E-state index contributed by atoms with van der Waals surface area (Å²) in [6, 6.07) is 0. The molecule has 0 fully saturated rings. The normalized spacial score (nSPS) is 9.08. The molecule has 0 radical (unpaired) electrons. The van der Waals surface area contributed by atoms with Gasteiger partial charge in [0.2, 0.25) is 5.91 Å². The average molecular weight is 189 g/mol. The van der Waals surface area contributed by atoms with Crippen molar-refractivity contribution in [3.05, 3.63) is 0 Å². The van der Waals surface area contributed by atoms with Gasteiger partial charge < -0.3 is 16.4 Å². The minimum atomic E-state index is 0.0283. The SMILES string of the molecule is CCCNC(=O)CCNC(N)=S. The summed E-state index contributed by atoms with van der Waals surface area (Å²) in [6.45, 7) is 3.24. The van der Waals surface area contributed by atoms with E-state index >= 15 is 0 Å². The Morgan fingerprint density at radius 1 is 1.42 bits per heavy atom. The molecule has 0 aliphatic heterocycles. The summed E-state index contributed by atoms with van der Waals surface area (Å²) in [5.74, 6) is 0.0283. The minimum absolute atomic E-state index is 0.0283. The number of nitrogens with two attached hydrogens (primary N) is 1. The summed E-state index contributed by atoms with van der Waals surface area (Å²) in [5.41, 5.74) is 5.17. The lowest BCUT2D eigenvalue weighted by atomic mass is 10.4. The summed E-state index contributed by atoms with van der Waals surface area (Å²) < 4.78 is 0. The Morgan fingerprint density at radius 2 is 2.08 bits per heavy atom. The molecule has 4 N–H and O–H groups in total. The Bertz CT molecular complexity index is 161. The van der Waals surface area contributed by atoms with E-state index in [1.807, 2.05) is 6.92 Å². The number of carbonyl (C=O) groups excluding carboxylic acids is 1. The number of hydrogen-bond donors (Lipinski definition) is 3. The molecule has 0 bridgehead atoms. The molecular formula is C7H15N3OS. The molecule has 0 saturated heterocycles. The Balaban J connectivity index is 3.25. The molecule has 0 atom stereocenters. The van der Waals surface area contributed by atoms with Gasteiger partial charge in [0.15, 0.2) is 5.11 Å². The van der Waals surface area contributed by atoms with Crippen LogP contribution in [-0.4, -0.2) is 24.1 Å². The summed E-state index contributed by atoms with van der Waals surface area (Å²) >= 11 is 4.57. The molecule has 0 aliphatic carbocycles. The molecular weight excluding hydrogens is 174 g/mol. The quantitative estimate of drug-likeness (QED) is 0.521. The molecule has 0 aliphatic rings. The first-order valence-corrected chi connectivity index (χ1v) is 4.37. The van der Waals surface area contributed by atoms with Gasteiger partial charge in [-0.2, -0.15) is 0 Å². The third-order valence-corrected chi connectivity index (χ3v) is 1.37. The van der Waals surface area contributed by atoms with E-state index in [4.69, 9.17) is 5.73 Å². The van der Waals surface area contributed by atoms with Crippen molar-refractivity contribution < 1.29 is 4.79 Å². The van der Waals surface area contributed by atoms with Gasteiger partial charge in [0.25, 0.3) is 0 Å². The molecule has 5 heteroatoms. The second-order valence-corrected chi connectivity index (χ2v) is 2.83. The monoisotopic (exact) mass is 189 g/mol. The van der Waals surface area contributed by atoms with Gasteiger partial charge in [0, 0.05) is 19.5 Å². The van der Waals surface area contributed by atoms with Crippen LogP contribution in [-0.2, 0) is 4.79 Å². The van der Waals surface area contributed by atoms with Crippen molar-refractivity contribution in [2.24, 2.45) is 5.73 Å². The van der Waals surface area contributed by atoms with Crippen molar-refractivity contribution >= 4 is 23.2 Å². The van der Waals surface area contributed by atoms with Crippen LogP contribution in [0.25, 0.3) is 0 Å². The fourth-order valence-corrected chi connectivity index (χ4v) is 0.754. The first-order chi connectivity index (χ1) is 5.66. The molecule has 0 rings (SSSR count). The Labute approximate surface area is 77.9 Å². The molecule has 0 unspecified atom stereocenters. The van der Waals surface area contributed by atoms with Crippen LogP contribution in [0.15, 0.2) is 0 Å². The molecule has 0 spiro atoms. The Hall–Kier alpha value is -0.840. The molecule has 70 valence electrons. The van der Waals surface area contributed by atoms with E-state index in [-0.39, 0.29) is 11.0 Å². The summed E-state index contributed by atoms with van der Waals surface area (Å²) in [6.07, 6.45) is 1.37. The largest absolute Gasteiger partial charge is 0.376 e. The smallest absolute Gasteiger partial charge is 0.221 e. The zero-order valence-electron chi connectivity index (χ0n) is 7.22. The van der Waals surface area contributed by atoms with Gasteiger partial charge in [0.05, 0.1) is 0 Å². The molecule has 0 saturated carbocycles.